The van der Waals surface area contributed by atoms with Crippen LogP contribution in [0.4, 0.5) is 0 Å². The SMILES string of the molecule is CCC(C)(C)NC(=O)CNCCCCOC. The van der Waals surface area contributed by atoms with Crippen LogP contribution in [0.5, 0.6) is 0 Å². The Labute approximate surface area is 99.1 Å². The molecule has 1 amide bonds. The summed E-state index contributed by atoms with van der Waals surface area (Å²) in [5.74, 6) is 0.0681. The molecule has 0 aromatic heterocycles. The first-order chi connectivity index (χ1) is 7.52. The summed E-state index contributed by atoms with van der Waals surface area (Å²) in [6.07, 6.45) is 3.01. The number of methoxy groups -OCH3 is 1. The minimum Gasteiger partial charge on any atom is -0.385 e. The topological polar surface area (TPSA) is 50.4 Å². The molecule has 16 heavy (non-hydrogen) atoms. The van der Waals surface area contributed by atoms with Crippen LogP contribution in [0.1, 0.15) is 40.0 Å². The summed E-state index contributed by atoms with van der Waals surface area (Å²) >= 11 is 0. The average molecular weight is 230 g/mol. The zero-order chi connectivity index (χ0) is 12.4. The molecule has 0 saturated carbocycles. The van der Waals surface area contributed by atoms with Crippen LogP contribution in [-0.4, -0.2) is 38.3 Å². The highest BCUT2D eigenvalue weighted by molar-refractivity contribution is 5.78. The van der Waals surface area contributed by atoms with E-state index in [1.54, 1.807) is 7.11 Å². The Balaban J connectivity index is 3.44. The molecule has 0 radical (unpaired) electrons. The molecule has 0 spiro atoms. The lowest BCUT2D eigenvalue weighted by atomic mass is 10.0. The molecule has 4 nitrogen and oxygen atoms in total. The molecule has 2 N–H and O–H groups in total. The van der Waals surface area contributed by atoms with Crippen LogP contribution in [0.2, 0.25) is 0 Å². The zero-order valence-corrected chi connectivity index (χ0v) is 11.1. The van der Waals surface area contributed by atoms with Crippen molar-refractivity contribution in [2.45, 2.75) is 45.6 Å². The highest BCUT2D eigenvalue weighted by atomic mass is 16.5. The number of hydrogen-bond acceptors (Lipinski definition) is 3. The second kappa shape index (κ2) is 8.53. The molecule has 96 valence electrons. The Morgan fingerprint density at radius 3 is 2.56 bits per heavy atom. The first kappa shape index (κ1) is 15.4. The van der Waals surface area contributed by atoms with Gasteiger partial charge in [0.1, 0.15) is 0 Å². The van der Waals surface area contributed by atoms with Crippen LogP contribution in [0.15, 0.2) is 0 Å². The standard InChI is InChI=1S/C12H26N2O2/c1-5-12(2,3)14-11(15)10-13-8-6-7-9-16-4/h13H,5-10H2,1-4H3,(H,14,15). The monoisotopic (exact) mass is 230 g/mol. The normalized spacial score (nSPS) is 11.5. The molecule has 0 aliphatic rings. The second-order valence-corrected chi connectivity index (χ2v) is 4.66. The van der Waals surface area contributed by atoms with E-state index in [1.165, 1.54) is 0 Å². The van der Waals surface area contributed by atoms with Crippen molar-refractivity contribution in [3.8, 4) is 0 Å². The zero-order valence-electron chi connectivity index (χ0n) is 11.1. The van der Waals surface area contributed by atoms with Gasteiger partial charge < -0.3 is 15.4 Å². The van der Waals surface area contributed by atoms with Crippen molar-refractivity contribution in [1.82, 2.24) is 10.6 Å². The molecule has 0 heterocycles. The molecule has 0 aliphatic carbocycles. The maximum atomic E-state index is 11.5. The van der Waals surface area contributed by atoms with Gasteiger partial charge in [0.25, 0.3) is 0 Å². The third-order valence-electron chi connectivity index (χ3n) is 2.60. The van der Waals surface area contributed by atoms with Gasteiger partial charge in [-0.15, -0.1) is 0 Å². The van der Waals surface area contributed by atoms with Gasteiger partial charge >= 0.3 is 0 Å². The third-order valence-corrected chi connectivity index (χ3v) is 2.60. The predicted octanol–water partition coefficient (Wildman–Crippen LogP) is 1.31. The van der Waals surface area contributed by atoms with Gasteiger partial charge in [0.15, 0.2) is 0 Å². The summed E-state index contributed by atoms with van der Waals surface area (Å²) in [6.45, 7) is 8.18. The maximum absolute atomic E-state index is 11.5. The second-order valence-electron chi connectivity index (χ2n) is 4.66. The lowest BCUT2D eigenvalue weighted by Gasteiger charge is -2.24. The van der Waals surface area contributed by atoms with Crippen LogP contribution in [0.3, 0.4) is 0 Å². The number of amides is 1. The van der Waals surface area contributed by atoms with Crippen molar-refractivity contribution in [2.24, 2.45) is 0 Å². The van der Waals surface area contributed by atoms with Crippen molar-refractivity contribution in [3.05, 3.63) is 0 Å². The molecule has 0 saturated heterocycles. The number of carbonyl (C=O) groups is 1. The van der Waals surface area contributed by atoms with E-state index in [2.05, 4.69) is 17.6 Å². The molecule has 0 aromatic rings. The molecule has 0 atom stereocenters. The summed E-state index contributed by atoms with van der Waals surface area (Å²) in [4.78, 5) is 11.5. The van der Waals surface area contributed by atoms with E-state index in [4.69, 9.17) is 4.74 Å². The van der Waals surface area contributed by atoms with Gasteiger partial charge in [-0.05, 0) is 39.7 Å². The molecular weight excluding hydrogens is 204 g/mol. The lowest BCUT2D eigenvalue weighted by molar-refractivity contribution is -0.121. The molecule has 0 bridgehead atoms. The lowest BCUT2D eigenvalue weighted by Crippen LogP contribution is -2.46. The Morgan fingerprint density at radius 2 is 2.00 bits per heavy atom. The fourth-order valence-corrected chi connectivity index (χ4v) is 1.21. The van der Waals surface area contributed by atoms with Crippen LogP contribution in [0.25, 0.3) is 0 Å². The van der Waals surface area contributed by atoms with Crippen LogP contribution < -0.4 is 10.6 Å². The Hall–Kier alpha value is -0.610. The molecule has 0 fully saturated rings. The number of rotatable bonds is 9. The molecule has 0 aromatic carbocycles. The van der Waals surface area contributed by atoms with E-state index in [9.17, 15) is 4.79 Å². The number of nitrogens with one attached hydrogen (secondary N) is 2. The first-order valence-corrected chi connectivity index (χ1v) is 6.02. The van der Waals surface area contributed by atoms with E-state index < -0.39 is 0 Å². The molecule has 0 unspecified atom stereocenters. The molecule has 4 heteroatoms. The maximum Gasteiger partial charge on any atom is 0.234 e. The van der Waals surface area contributed by atoms with E-state index in [0.29, 0.717) is 6.54 Å². The van der Waals surface area contributed by atoms with Gasteiger partial charge in [-0.3, -0.25) is 4.79 Å². The summed E-state index contributed by atoms with van der Waals surface area (Å²) in [5, 5.41) is 6.11. The minimum atomic E-state index is -0.102. The van der Waals surface area contributed by atoms with E-state index in [0.717, 1.165) is 32.4 Å². The Morgan fingerprint density at radius 1 is 1.31 bits per heavy atom. The van der Waals surface area contributed by atoms with Crippen LogP contribution in [-0.2, 0) is 9.53 Å². The van der Waals surface area contributed by atoms with Crippen molar-refractivity contribution in [1.29, 1.82) is 0 Å². The predicted molar refractivity (Wildman–Crippen MR) is 66.5 cm³/mol. The Bertz CT molecular complexity index is 193. The quantitative estimate of drug-likeness (QED) is 0.587. The van der Waals surface area contributed by atoms with Gasteiger partial charge in [-0.2, -0.15) is 0 Å². The smallest absolute Gasteiger partial charge is 0.234 e. The molecular formula is C12H26N2O2. The van der Waals surface area contributed by atoms with Gasteiger partial charge in [0.2, 0.25) is 5.91 Å². The van der Waals surface area contributed by atoms with Crippen LogP contribution in [0, 0.1) is 0 Å². The van der Waals surface area contributed by atoms with Crippen LogP contribution >= 0.6 is 0 Å². The largest absolute Gasteiger partial charge is 0.385 e. The number of ether oxygens (including phenoxy) is 1. The average Bonchev–Trinajstić information content (AvgIpc) is 2.22. The Kier molecular flexibility index (Phi) is 8.21. The summed E-state index contributed by atoms with van der Waals surface area (Å²) in [6, 6.07) is 0. The van der Waals surface area contributed by atoms with E-state index >= 15 is 0 Å². The third kappa shape index (κ3) is 8.68. The van der Waals surface area contributed by atoms with Crippen molar-refractivity contribution >= 4 is 5.91 Å². The van der Waals surface area contributed by atoms with E-state index in [-0.39, 0.29) is 11.4 Å². The first-order valence-electron chi connectivity index (χ1n) is 6.02. The molecule has 0 aliphatic heterocycles. The summed E-state index contributed by atoms with van der Waals surface area (Å²) in [5.41, 5.74) is -0.102. The van der Waals surface area contributed by atoms with Crippen molar-refractivity contribution < 1.29 is 9.53 Å². The highest BCUT2D eigenvalue weighted by Crippen LogP contribution is 2.05. The summed E-state index contributed by atoms with van der Waals surface area (Å²) < 4.78 is 4.94. The number of unbranched alkanes of at least 4 members (excludes halogenated alkanes) is 1. The molecule has 0 rings (SSSR count). The summed E-state index contributed by atoms with van der Waals surface area (Å²) in [7, 11) is 1.70. The van der Waals surface area contributed by atoms with Crippen molar-refractivity contribution in [3.63, 3.8) is 0 Å². The minimum absolute atomic E-state index is 0.0681. The van der Waals surface area contributed by atoms with Gasteiger partial charge in [0.05, 0.1) is 6.54 Å². The fourth-order valence-electron chi connectivity index (χ4n) is 1.21. The van der Waals surface area contributed by atoms with Gasteiger partial charge in [-0.1, -0.05) is 6.92 Å². The fraction of sp³-hybridized carbons (Fsp3) is 0.917. The van der Waals surface area contributed by atoms with Crippen molar-refractivity contribution in [2.75, 3.05) is 26.8 Å². The van der Waals surface area contributed by atoms with Gasteiger partial charge in [-0.25, -0.2) is 0 Å². The number of carbonyl (C=O) groups excluding carboxylic acids is 1. The van der Waals surface area contributed by atoms with E-state index in [1.807, 2.05) is 13.8 Å². The van der Waals surface area contributed by atoms with Gasteiger partial charge in [0, 0.05) is 19.3 Å². The highest BCUT2D eigenvalue weighted by Gasteiger charge is 2.16. The number of hydrogen-bond donors (Lipinski definition) is 2.